The van der Waals surface area contributed by atoms with E-state index in [0.717, 1.165) is 31.4 Å². The molecule has 0 radical (unpaired) electrons. The smallest absolute Gasteiger partial charge is 0.475 e. The average Bonchev–Trinajstić information content (AvgIpc) is 2.50. The Morgan fingerprint density at radius 2 is 1.96 bits per heavy atom. The quantitative estimate of drug-likeness (QED) is 0.639. The van der Waals surface area contributed by atoms with Crippen molar-refractivity contribution in [2.45, 2.75) is 45.2 Å². The zero-order valence-corrected chi connectivity index (χ0v) is 13.1. The maximum absolute atomic E-state index is 10.6. The predicted octanol–water partition coefficient (Wildman–Crippen LogP) is 3.75. The SMILES string of the molecule is CCCCC#Cc1cccc(CCCN)c1.O=C(O)C(F)(F)F. The maximum atomic E-state index is 10.6. The van der Waals surface area contributed by atoms with Gasteiger partial charge in [-0.3, -0.25) is 0 Å². The van der Waals surface area contributed by atoms with Crippen LogP contribution in [-0.4, -0.2) is 23.8 Å². The molecular formula is C17H22F3NO2. The first kappa shape index (κ1) is 21.0. The molecule has 1 rings (SSSR count). The Kier molecular flexibility index (Phi) is 10.5. The van der Waals surface area contributed by atoms with E-state index in [1.54, 1.807) is 0 Å². The van der Waals surface area contributed by atoms with E-state index in [-0.39, 0.29) is 0 Å². The van der Waals surface area contributed by atoms with Crippen molar-refractivity contribution in [1.29, 1.82) is 0 Å². The van der Waals surface area contributed by atoms with Crippen molar-refractivity contribution in [3.63, 3.8) is 0 Å². The summed E-state index contributed by atoms with van der Waals surface area (Å²) >= 11 is 0. The van der Waals surface area contributed by atoms with Gasteiger partial charge in [0.15, 0.2) is 0 Å². The van der Waals surface area contributed by atoms with Gasteiger partial charge in [0.2, 0.25) is 0 Å². The van der Waals surface area contributed by atoms with E-state index in [1.807, 2.05) is 0 Å². The minimum absolute atomic E-state index is 0.756. The van der Waals surface area contributed by atoms with Crippen molar-refractivity contribution in [2.75, 3.05) is 6.54 Å². The average molecular weight is 329 g/mol. The number of alkyl halides is 3. The van der Waals surface area contributed by atoms with Crippen LogP contribution >= 0.6 is 0 Å². The largest absolute Gasteiger partial charge is 0.490 e. The molecule has 0 heterocycles. The van der Waals surface area contributed by atoms with Crippen LogP contribution in [0.15, 0.2) is 24.3 Å². The Hall–Kier alpha value is -2.00. The molecule has 1 aromatic rings. The number of nitrogens with two attached hydrogens (primary N) is 1. The summed E-state index contributed by atoms with van der Waals surface area (Å²) in [6.07, 6.45) is 0.433. The van der Waals surface area contributed by atoms with Crippen molar-refractivity contribution >= 4 is 5.97 Å². The highest BCUT2D eigenvalue weighted by atomic mass is 19.4. The van der Waals surface area contributed by atoms with E-state index in [1.165, 1.54) is 18.4 Å². The molecule has 0 bridgehead atoms. The number of halogens is 3. The molecule has 3 nitrogen and oxygen atoms in total. The molecule has 128 valence electrons. The summed E-state index contributed by atoms with van der Waals surface area (Å²) in [6, 6.07) is 8.47. The summed E-state index contributed by atoms with van der Waals surface area (Å²) in [5, 5.41) is 7.12. The number of carbonyl (C=O) groups is 1. The molecule has 3 N–H and O–H groups in total. The second-order valence-electron chi connectivity index (χ2n) is 4.80. The Bertz CT molecular complexity index is 531. The summed E-state index contributed by atoms with van der Waals surface area (Å²) in [5.74, 6) is 3.67. The van der Waals surface area contributed by atoms with Gasteiger partial charge in [0.1, 0.15) is 0 Å². The van der Waals surface area contributed by atoms with E-state index in [2.05, 4.69) is 43.0 Å². The summed E-state index contributed by atoms with van der Waals surface area (Å²) in [5.41, 5.74) is 7.97. The number of hydrogen-bond donors (Lipinski definition) is 2. The third-order valence-electron chi connectivity index (χ3n) is 2.73. The van der Waals surface area contributed by atoms with Gasteiger partial charge in [-0.05, 0) is 43.5 Å². The number of rotatable bonds is 5. The van der Waals surface area contributed by atoms with Crippen LogP contribution in [0, 0.1) is 11.8 Å². The monoisotopic (exact) mass is 329 g/mol. The Balaban J connectivity index is 0.000000585. The molecule has 0 atom stereocenters. The topological polar surface area (TPSA) is 63.3 Å². The first-order valence-electron chi connectivity index (χ1n) is 7.39. The van der Waals surface area contributed by atoms with Crippen molar-refractivity contribution in [3.05, 3.63) is 35.4 Å². The third kappa shape index (κ3) is 11.2. The lowest BCUT2D eigenvalue weighted by Crippen LogP contribution is -2.21. The van der Waals surface area contributed by atoms with Crippen molar-refractivity contribution in [1.82, 2.24) is 0 Å². The van der Waals surface area contributed by atoms with Crippen LogP contribution in [0.1, 0.15) is 43.7 Å². The van der Waals surface area contributed by atoms with Gasteiger partial charge >= 0.3 is 12.1 Å². The van der Waals surface area contributed by atoms with E-state index >= 15 is 0 Å². The Morgan fingerprint density at radius 1 is 1.30 bits per heavy atom. The fraction of sp³-hybridized carbons (Fsp3) is 0.471. The van der Waals surface area contributed by atoms with Crippen LogP contribution in [0.25, 0.3) is 0 Å². The van der Waals surface area contributed by atoms with Gasteiger partial charge in [0, 0.05) is 12.0 Å². The van der Waals surface area contributed by atoms with E-state index < -0.39 is 12.1 Å². The second kappa shape index (κ2) is 11.6. The Labute approximate surface area is 134 Å². The zero-order valence-electron chi connectivity index (χ0n) is 13.1. The summed E-state index contributed by atoms with van der Waals surface area (Å²) in [6.45, 7) is 2.95. The van der Waals surface area contributed by atoms with Crippen molar-refractivity contribution in [2.24, 2.45) is 5.73 Å². The molecule has 0 aromatic heterocycles. The zero-order chi connectivity index (χ0) is 17.7. The molecule has 0 spiro atoms. The van der Waals surface area contributed by atoms with Crippen LogP contribution < -0.4 is 5.73 Å². The minimum Gasteiger partial charge on any atom is -0.475 e. The van der Waals surface area contributed by atoms with Gasteiger partial charge in [-0.15, -0.1) is 0 Å². The first-order chi connectivity index (χ1) is 10.8. The molecule has 0 amide bonds. The first-order valence-corrected chi connectivity index (χ1v) is 7.39. The fourth-order valence-electron chi connectivity index (χ4n) is 1.54. The highest BCUT2D eigenvalue weighted by molar-refractivity contribution is 5.73. The van der Waals surface area contributed by atoms with Crippen molar-refractivity contribution < 1.29 is 23.1 Å². The normalized spacial score (nSPS) is 10.1. The standard InChI is InChI=1S/C15H21N.C2HF3O2/c1-2-3-4-5-8-14-9-6-10-15(13-14)11-7-12-16;3-2(4,5)1(6)7/h6,9-10,13H,2-4,7,11-12,16H2,1H3;(H,6,7). The highest BCUT2D eigenvalue weighted by Crippen LogP contribution is 2.13. The van der Waals surface area contributed by atoms with Gasteiger partial charge in [0.25, 0.3) is 0 Å². The number of hydrogen-bond acceptors (Lipinski definition) is 2. The molecule has 0 aliphatic rings. The van der Waals surface area contributed by atoms with Crippen LogP contribution in [0.5, 0.6) is 0 Å². The number of unbranched alkanes of at least 4 members (excludes halogenated alkanes) is 2. The Morgan fingerprint density at radius 3 is 2.48 bits per heavy atom. The minimum atomic E-state index is -5.08. The van der Waals surface area contributed by atoms with Gasteiger partial charge in [-0.25, -0.2) is 4.79 Å². The number of carboxylic acids is 1. The van der Waals surface area contributed by atoms with Crippen LogP contribution in [-0.2, 0) is 11.2 Å². The van der Waals surface area contributed by atoms with Crippen LogP contribution in [0.4, 0.5) is 13.2 Å². The van der Waals surface area contributed by atoms with Crippen molar-refractivity contribution in [3.8, 4) is 11.8 Å². The molecule has 0 saturated heterocycles. The predicted molar refractivity (Wildman–Crippen MR) is 83.9 cm³/mol. The summed E-state index contributed by atoms with van der Waals surface area (Å²) < 4.78 is 31.7. The lowest BCUT2D eigenvalue weighted by Gasteiger charge is -1.99. The van der Waals surface area contributed by atoms with Gasteiger partial charge in [-0.2, -0.15) is 13.2 Å². The number of benzene rings is 1. The second-order valence-corrected chi connectivity index (χ2v) is 4.80. The fourth-order valence-corrected chi connectivity index (χ4v) is 1.54. The molecular weight excluding hydrogens is 307 g/mol. The molecule has 0 aliphatic carbocycles. The highest BCUT2D eigenvalue weighted by Gasteiger charge is 2.38. The molecule has 0 unspecified atom stereocenters. The number of carboxylic acid groups (broad SMARTS) is 1. The van der Waals surface area contributed by atoms with Crippen LogP contribution in [0.3, 0.4) is 0 Å². The number of aliphatic carboxylic acids is 1. The van der Waals surface area contributed by atoms with E-state index in [9.17, 15) is 13.2 Å². The lowest BCUT2D eigenvalue weighted by atomic mass is 10.1. The number of aryl methyl sites for hydroxylation is 1. The van der Waals surface area contributed by atoms with Gasteiger partial charge in [0.05, 0.1) is 0 Å². The molecule has 1 aromatic carbocycles. The third-order valence-corrected chi connectivity index (χ3v) is 2.73. The van der Waals surface area contributed by atoms with Crippen LogP contribution in [0.2, 0.25) is 0 Å². The molecule has 0 saturated carbocycles. The lowest BCUT2D eigenvalue weighted by molar-refractivity contribution is -0.192. The molecule has 23 heavy (non-hydrogen) atoms. The summed E-state index contributed by atoms with van der Waals surface area (Å²) in [7, 11) is 0. The molecule has 0 fully saturated rings. The van der Waals surface area contributed by atoms with Gasteiger partial charge in [-0.1, -0.05) is 37.3 Å². The van der Waals surface area contributed by atoms with E-state index in [4.69, 9.17) is 15.6 Å². The summed E-state index contributed by atoms with van der Waals surface area (Å²) in [4.78, 5) is 8.90. The van der Waals surface area contributed by atoms with E-state index in [0.29, 0.717) is 0 Å². The molecule has 6 heteroatoms. The van der Waals surface area contributed by atoms with Gasteiger partial charge < -0.3 is 10.8 Å². The molecule has 0 aliphatic heterocycles. The maximum Gasteiger partial charge on any atom is 0.490 e.